The van der Waals surface area contributed by atoms with Gasteiger partial charge in [-0.25, -0.2) is 4.79 Å². The number of rotatable bonds is 3. The Morgan fingerprint density at radius 1 is 1.19 bits per heavy atom. The molecule has 2 aromatic heterocycles. The molecule has 0 saturated heterocycles. The summed E-state index contributed by atoms with van der Waals surface area (Å²) in [7, 11) is 3.62. The highest BCUT2D eigenvalue weighted by Gasteiger charge is 2.23. The summed E-state index contributed by atoms with van der Waals surface area (Å²) in [5.41, 5.74) is 1.06. The van der Waals surface area contributed by atoms with E-state index in [1.165, 1.54) is 11.3 Å². The third-order valence-corrected chi connectivity index (χ3v) is 3.93. The number of anilines is 1. The van der Waals surface area contributed by atoms with Crippen molar-refractivity contribution in [2.24, 2.45) is 0 Å². The Kier molecular flexibility index (Phi) is 3.35. The summed E-state index contributed by atoms with van der Waals surface area (Å²) in [6.07, 6.45) is 0. The van der Waals surface area contributed by atoms with Crippen molar-refractivity contribution in [2.75, 3.05) is 19.0 Å². The lowest BCUT2D eigenvalue weighted by atomic mass is 10.0. The van der Waals surface area contributed by atoms with Crippen LogP contribution in [0.15, 0.2) is 50.3 Å². The van der Waals surface area contributed by atoms with Crippen LogP contribution in [0.2, 0.25) is 0 Å². The van der Waals surface area contributed by atoms with E-state index >= 15 is 0 Å². The molecule has 2 heterocycles. The molecular weight excluding hydrogens is 286 g/mol. The number of hydrogen-bond acceptors (Lipinski definition) is 5. The molecule has 106 valence electrons. The monoisotopic (exact) mass is 299 g/mol. The SMILES string of the molecule is CN(C)c1c(C(=O)c2ccsc2)c(=O)oc2ccccc12. The Labute approximate surface area is 125 Å². The van der Waals surface area contributed by atoms with Gasteiger partial charge in [-0.1, -0.05) is 12.1 Å². The molecule has 3 rings (SSSR count). The topological polar surface area (TPSA) is 50.5 Å². The van der Waals surface area contributed by atoms with Crippen molar-refractivity contribution in [3.05, 3.63) is 62.6 Å². The molecule has 0 radical (unpaired) electrons. The largest absolute Gasteiger partial charge is 0.422 e. The van der Waals surface area contributed by atoms with Crippen LogP contribution in [0.1, 0.15) is 15.9 Å². The maximum atomic E-state index is 12.6. The van der Waals surface area contributed by atoms with Gasteiger partial charge in [0.2, 0.25) is 5.78 Å². The Balaban J connectivity index is 2.36. The molecule has 5 heteroatoms. The molecule has 0 amide bonds. The Bertz CT molecular complexity index is 863. The van der Waals surface area contributed by atoms with Crippen LogP contribution in [-0.2, 0) is 0 Å². The summed E-state index contributed by atoms with van der Waals surface area (Å²) < 4.78 is 5.30. The summed E-state index contributed by atoms with van der Waals surface area (Å²) in [6, 6.07) is 8.93. The van der Waals surface area contributed by atoms with Crippen molar-refractivity contribution in [3.63, 3.8) is 0 Å². The molecule has 0 unspecified atom stereocenters. The first kappa shape index (κ1) is 13.6. The highest BCUT2D eigenvalue weighted by molar-refractivity contribution is 7.08. The fraction of sp³-hybridized carbons (Fsp3) is 0.125. The lowest BCUT2D eigenvalue weighted by molar-refractivity contribution is 0.103. The minimum absolute atomic E-state index is 0.0806. The van der Waals surface area contributed by atoms with E-state index < -0.39 is 5.63 Å². The number of benzene rings is 1. The molecule has 0 aliphatic rings. The minimum Gasteiger partial charge on any atom is -0.422 e. The highest BCUT2D eigenvalue weighted by Crippen LogP contribution is 2.29. The number of thiophene rings is 1. The maximum Gasteiger partial charge on any atom is 0.349 e. The lowest BCUT2D eigenvalue weighted by Gasteiger charge is -2.17. The molecule has 0 bridgehead atoms. The molecule has 0 fully saturated rings. The molecule has 0 atom stereocenters. The van der Waals surface area contributed by atoms with Crippen LogP contribution >= 0.6 is 11.3 Å². The van der Waals surface area contributed by atoms with Crippen LogP contribution in [0, 0.1) is 0 Å². The molecule has 1 aromatic carbocycles. The first-order valence-corrected chi connectivity index (χ1v) is 7.34. The predicted octanol–water partition coefficient (Wildman–Crippen LogP) is 3.15. The Hall–Kier alpha value is -2.40. The third-order valence-electron chi connectivity index (χ3n) is 3.24. The number of nitrogens with zero attached hydrogens (tertiary/aromatic N) is 1. The van der Waals surface area contributed by atoms with E-state index in [0.29, 0.717) is 16.8 Å². The van der Waals surface area contributed by atoms with Gasteiger partial charge in [0.15, 0.2) is 0 Å². The van der Waals surface area contributed by atoms with E-state index in [2.05, 4.69) is 0 Å². The van der Waals surface area contributed by atoms with Gasteiger partial charge in [-0.15, -0.1) is 0 Å². The summed E-state index contributed by atoms with van der Waals surface area (Å²) in [4.78, 5) is 26.7. The van der Waals surface area contributed by atoms with Crippen molar-refractivity contribution < 1.29 is 9.21 Å². The fourth-order valence-electron chi connectivity index (χ4n) is 2.34. The molecule has 0 aliphatic heterocycles. The number of fused-ring (bicyclic) bond motifs is 1. The van der Waals surface area contributed by atoms with Gasteiger partial charge < -0.3 is 9.32 Å². The van der Waals surface area contributed by atoms with E-state index in [1.807, 2.05) is 31.6 Å². The van der Waals surface area contributed by atoms with E-state index in [-0.39, 0.29) is 11.3 Å². The van der Waals surface area contributed by atoms with Gasteiger partial charge in [0.25, 0.3) is 0 Å². The van der Waals surface area contributed by atoms with Crippen molar-refractivity contribution >= 4 is 33.8 Å². The van der Waals surface area contributed by atoms with E-state index in [9.17, 15) is 9.59 Å². The van der Waals surface area contributed by atoms with Gasteiger partial charge in [-0.2, -0.15) is 11.3 Å². The molecule has 0 spiro atoms. The average molecular weight is 299 g/mol. The van der Waals surface area contributed by atoms with Crippen LogP contribution in [0.25, 0.3) is 11.0 Å². The Morgan fingerprint density at radius 2 is 1.95 bits per heavy atom. The van der Waals surface area contributed by atoms with Gasteiger partial charge in [0, 0.05) is 30.4 Å². The fourth-order valence-corrected chi connectivity index (χ4v) is 2.97. The zero-order chi connectivity index (χ0) is 15.0. The second kappa shape index (κ2) is 5.18. The van der Waals surface area contributed by atoms with Gasteiger partial charge in [0.05, 0.1) is 5.69 Å². The first-order chi connectivity index (χ1) is 10.1. The maximum absolute atomic E-state index is 12.6. The number of carbonyl (C=O) groups excluding carboxylic acids is 1. The summed E-state index contributed by atoms with van der Waals surface area (Å²) >= 11 is 1.42. The zero-order valence-corrected chi connectivity index (χ0v) is 12.4. The van der Waals surface area contributed by atoms with Crippen LogP contribution in [-0.4, -0.2) is 19.9 Å². The average Bonchev–Trinajstić information content (AvgIpc) is 2.99. The molecule has 3 aromatic rings. The predicted molar refractivity (Wildman–Crippen MR) is 84.6 cm³/mol. The van der Waals surface area contributed by atoms with E-state index in [0.717, 1.165) is 5.39 Å². The van der Waals surface area contributed by atoms with Gasteiger partial charge in [-0.05, 0) is 23.6 Å². The highest BCUT2D eigenvalue weighted by atomic mass is 32.1. The van der Waals surface area contributed by atoms with Gasteiger partial charge in [0.1, 0.15) is 11.1 Å². The Morgan fingerprint density at radius 3 is 2.62 bits per heavy atom. The standard InChI is InChI=1S/C16H13NO3S/c1-17(2)14-11-5-3-4-6-12(11)20-16(19)13(14)15(18)10-7-8-21-9-10/h3-9H,1-2H3. The number of para-hydroxylation sites is 1. The van der Waals surface area contributed by atoms with Crippen molar-refractivity contribution in [1.29, 1.82) is 0 Å². The number of hydrogen-bond donors (Lipinski definition) is 0. The first-order valence-electron chi connectivity index (χ1n) is 6.39. The summed E-state index contributed by atoms with van der Waals surface area (Å²) in [6.45, 7) is 0. The minimum atomic E-state index is -0.603. The quantitative estimate of drug-likeness (QED) is 0.550. The molecule has 0 N–H and O–H groups in total. The summed E-state index contributed by atoms with van der Waals surface area (Å²) in [5, 5.41) is 4.29. The normalized spacial score (nSPS) is 10.8. The summed E-state index contributed by atoms with van der Waals surface area (Å²) in [5.74, 6) is -0.306. The lowest BCUT2D eigenvalue weighted by Crippen LogP contribution is -2.22. The molecular formula is C16H13NO3S. The van der Waals surface area contributed by atoms with Gasteiger partial charge >= 0.3 is 5.63 Å². The second-order valence-corrected chi connectivity index (χ2v) is 5.62. The van der Waals surface area contributed by atoms with Crippen molar-refractivity contribution in [3.8, 4) is 0 Å². The second-order valence-electron chi connectivity index (χ2n) is 4.84. The van der Waals surface area contributed by atoms with Crippen molar-refractivity contribution in [1.82, 2.24) is 0 Å². The van der Waals surface area contributed by atoms with Crippen molar-refractivity contribution in [2.45, 2.75) is 0 Å². The van der Waals surface area contributed by atoms with Crippen LogP contribution in [0.4, 0.5) is 5.69 Å². The van der Waals surface area contributed by atoms with Gasteiger partial charge in [-0.3, -0.25) is 4.79 Å². The number of carbonyl (C=O) groups is 1. The molecule has 4 nitrogen and oxygen atoms in total. The third kappa shape index (κ3) is 2.25. The van der Waals surface area contributed by atoms with E-state index in [1.54, 1.807) is 28.5 Å². The smallest absolute Gasteiger partial charge is 0.349 e. The number of ketones is 1. The molecule has 0 saturated carbocycles. The van der Waals surface area contributed by atoms with Crippen LogP contribution in [0.3, 0.4) is 0 Å². The molecule has 0 aliphatic carbocycles. The zero-order valence-electron chi connectivity index (χ0n) is 11.6. The van der Waals surface area contributed by atoms with Crippen LogP contribution in [0.5, 0.6) is 0 Å². The van der Waals surface area contributed by atoms with E-state index in [4.69, 9.17) is 4.42 Å². The van der Waals surface area contributed by atoms with Crippen LogP contribution < -0.4 is 10.5 Å². The molecule has 21 heavy (non-hydrogen) atoms.